The van der Waals surface area contributed by atoms with E-state index < -0.39 is 0 Å². The molecule has 208 valence electrons. The Labute approximate surface area is 234 Å². The number of benzene rings is 3. The van der Waals surface area contributed by atoms with Gasteiger partial charge in [-0.15, -0.1) is 10.2 Å². The molecule has 0 bridgehead atoms. The second kappa shape index (κ2) is 14.3. The highest BCUT2D eigenvalue weighted by Gasteiger charge is 2.09. The SMILES string of the molecule is CCOc1ccc(/C=N\Nc2nnc(N/N=C\c3ccc(OCC)c(OCC)c3)c3ccccc23)cc1OCC. The minimum Gasteiger partial charge on any atom is -0.490 e. The molecule has 0 amide bonds. The van der Waals surface area contributed by atoms with Gasteiger partial charge in [-0.1, -0.05) is 24.3 Å². The average molecular weight is 543 g/mol. The molecule has 2 N–H and O–H groups in total. The van der Waals surface area contributed by atoms with Crippen LogP contribution in [-0.4, -0.2) is 49.1 Å². The number of fused-ring (bicyclic) bond motifs is 1. The van der Waals surface area contributed by atoms with Gasteiger partial charge in [-0.25, -0.2) is 0 Å². The minimum absolute atomic E-state index is 0.519. The fraction of sp³-hybridized carbons (Fsp3) is 0.267. The molecule has 0 radical (unpaired) electrons. The van der Waals surface area contributed by atoms with Gasteiger partial charge in [-0.2, -0.15) is 10.2 Å². The number of nitrogens with zero attached hydrogens (tertiary/aromatic N) is 4. The van der Waals surface area contributed by atoms with Crippen molar-refractivity contribution in [3.8, 4) is 23.0 Å². The Morgan fingerprint density at radius 1 is 0.575 bits per heavy atom. The molecule has 40 heavy (non-hydrogen) atoms. The van der Waals surface area contributed by atoms with Crippen molar-refractivity contribution >= 4 is 34.8 Å². The maximum absolute atomic E-state index is 5.70. The van der Waals surface area contributed by atoms with Crippen LogP contribution >= 0.6 is 0 Å². The molecule has 0 saturated heterocycles. The molecule has 0 spiro atoms. The van der Waals surface area contributed by atoms with Crippen molar-refractivity contribution < 1.29 is 18.9 Å². The molecule has 3 aromatic carbocycles. The zero-order chi connectivity index (χ0) is 28.2. The van der Waals surface area contributed by atoms with Gasteiger partial charge in [0.1, 0.15) is 0 Å². The number of nitrogens with one attached hydrogen (secondary N) is 2. The first-order chi connectivity index (χ1) is 19.7. The fourth-order valence-corrected chi connectivity index (χ4v) is 3.90. The van der Waals surface area contributed by atoms with Gasteiger partial charge in [0.25, 0.3) is 0 Å². The van der Waals surface area contributed by atoms with Crippen LogP contribution in [0.2, 0.25) is 0 Å². The van der Waals surface area contributed by atoms with Gasteiger partial charge < -0.3 is 18.9 Å². The third-order valence-corrected chi connectivity index (χ3v) is 5.59. The summed E-state index contributed by atoms with van der Waals surface area (Å²) in [5.74, 6) is 3.79. The van der Waals surface area contributed by atoms with E-state index in [1.165, 1.54) is 0 Å². The number of ether oxygens (including phenoxy) is 4. The Bertz CT molecular complexity index is 1360. The van der Waals surface area contributed by atoms with E-state index in [-0.39, 0.29) is 0 Å². The number of hydrogen-bond donors (Lipinski definition) is 2. The van der Waals surface area contributed by atoms with E-state index in [0.717, 1.165) is 21.9 Å². The van der Waals surface area contributed by atoms with Gasteiger partial charge in [-0.3, -0.25) is 10.9 Å². The Hall–Kier alpha value is -4.86. The largest absolute Gasteiger partial charge is 0.490 e. The second-order valence-corrected chi connectivity index (χ2v) is 8.33. The van der Waals surface area contributed by atoms with E-state index in [2.05, 4.69) is 31.3 Å². The van der Waals surface area contributed by atoms with Crippen molar-refractivity contribution in [2.75, 3.05) is 37.3 Å². The van der Waals surface area contributed by atoms with Crippen LogP contribution in [0.4, 0.5) is 11.6 Å². The molecule has 4 rings (SSSR count). The standard InChI is InChI=1S/C30H34N6O4/c1-5-37-25-15-13-21(17-27(25)39-7-3)19-31-33-29-23-11-9-10-12-24(23)30(36-35-29)34-32-20-22-14-16-26(38-6-2)28(18-22)40-8-4/h9-20H,5-8H2,1-4H3,(H,33,35)(H,34,36)/b31-19-,32-20-. The monoisotopic (exact) mass is 542 g/mol. The number of anilines is 2. The summed E-state index contributed by atoms with van der Waals surface area (Å²) in [6.45, 7) is 9.95. The molecule has 4 aromatic rings. The summed E-state index contributed by atoms with van der Waals surface area (Å²) in [5, 5.41) is 19.1. The summed E-state index contributed by atoms with van der Waals surface area (Å²) in [5.41, 5.74) is 7.71. The molecule has 0 aliphatic carbocycles. The smallest absolute Gasteiger partial charge is 0.176 e. The van der Waals surface area contributed by atoms with Crippen molar-refractivity contribution in [2.45, 2.75) is 27.7 Å². The number of hydrogen-bond acceptors (Lipinski definition) is 10. The normalized spacial score (nSPS) is 11.2. The first-order valence-corrected chi connectivity index (χ1v) is 13.3. The van der Waals surface area contributed by atoms with Gasteiger partial charge in [-0.05, 0) is 75.2 Å². The van der Waals surface area contributed by atoms with Crippen LogP contribution in [0.3, 0.4) is 0 Å². The van der Waals surface area contributed by atoms with E-state index >= 15 is 0 Å². The van der Waals surface area contributed by atoms with Crippen molar-refractivity contribution in [3.05, 3.63) is 71.8 Å². The topological polar surface area (TPSA) is 111 Å². The Morgan fingerprint density at radius 3 is 1.38 bits per heavy atom. The summed E-state index contributed by atoms with van der Waals surface area (Å²) in [6, 6.07) is 19.1. The molecule has 0 fully saturated rings. The quantitative estimate of drug-likeness (QED) is 0.145. The molecule has 10 nitrogen and oxygen atoms in total. The summed E-state index contributed by atoms with van der Waals surface area (Å²) < 4.78 is 22.7. The summed E-state index contributed by atoms with van der Waals surface area (Å²) in [4.78, 5) is 0. The molecule has 0 saturated carbocycles. The van der Waals surface area contributed by atoms with E-state index in [4.69, 9.17) is 18.9 Å². The maximum atomic E-state index is 5.70. The van der Waals surface area contributed by atoms with Crippen molar-refractivity contribution in [1.82, 2.24) is 10.2 Å². The van der Waals surface area contributed by atoms with Crippen LogP contribution in [0, 0.1) is 0 Å². The van der Waals surface area contributed by atoms with Crippen LogP contribution in [0.25, 0.3) is 10.8 Å². The lowest BCUT2D eigenvalue weighted by Gasteiger charge is -2.11. The van der Waals surface area contributed by atoms with Gasteiger partial charge in [0.05, 0.1) is 38.9 Å². The maximum Gasteiger partial charge on any atom is 0.176 e. The Balaban J connectivity index is 1.49. The van der Waals surface area contributed by atoms with Crippen LogP contribution in [-0.2, 0) is 0 Å². The zero-order valence-corrected chi connectivity index (χ0v) is 23.2. The third-order valence-electron chi connectivity index (χ3n) is 5.59. The predicted octanol–water partition coefficient (Wildman–Crippen LogP) is 6.12. The number of hydrazone groups is 2. The van der Waals surface area contributed by atoms with Crippen LogP contribution < -0.4 is 29.8 Å². The second-order valence-electron chi connectivity index (χ2n) is 8.33. The van der Waals surface area contributed by atoms with Crippen molar-refractivity contribution in [3.63, 3.8) is 0 Å². The van der Waals surface area contributed by atoms with E-state index in [9.17, 15) is 0 Å². The van der Waals surface area contributed by atoms with E-state index in [1.54, 1.807) is 12.4 Å². The van der Waals surface area contributed by atoms with Gasteiger partial charge >= 0.3 is 0 Å². The molecule has 1 heterocycles. The minimum atomic E-state index is 0.519. The van der Waals surface area contributed by atoms with Crippen LogP contribution in [0.1, 0.15) is 38.8 Å². The first kappa shape index (κ1) is 28.2. The molecular formula is C30H34N6O4. The molecule has 0 atom stereocenters. The fourth-order valence-electron chi connectivity index (χ4n) is 3.90. The number of aromatic nitrogens is 2. The highest BCUT2D eigenvalue weighted by atomic mass is 16.5. The molecule has 10 heteroatoms. The highest BCUT2D eigenvalue weighted by Crippen LogP contribution is 2.30. The predicted molar refractivity (Wildman–Crippen MR) is 160 cm³/mol. The van der Waals surface area contributed by atoms with Crippen molar-refractivity contribution in [1.29, 1.82) is 0 Å². The van der Waals surface area contributed by atoms with Gasteiger partial charge in [0, 0.05) is 10.8 Å². The molecular weight excluding hydrogens is 508 g/mol. The Kier molecular flexibility index (Phi) is 10.1. The van der Waals surface area contributed by atoms with Crippen LogP contribution in [0.15, 0.2) is 70.9 Å². The highest BCUT2D eigenvalue weighted by molar-refractivity contribution is 5.98. The lowest BCUT2D eigenvalue weighted by molar-refractivity contribution is 0.288. The third kappa shape index (κ3) is 7.16. The van der Waals surface area contributed by atoms with Gasteiger partial charge in [0.15, 0.2) is 34.6 Å². The lowest BCUT2D eigenvalue weighted by atomic mass is 10.2. The van der Waals surface area contributed by atoms with E-state index in [1.807, 2.05) is 88.4 Å². The van der Waals surface area contributed by atoms with Crippen molar-refractivity contribution in [2.24, 2.45) is 10.2 Å². The van der Waals surface area contributed by atoms with Crippen LogP contribution in [0.5, 0.6) is 23.0 Å². The lowest BCUT2D eigenvalue weighted by Crippen LogP contribution is -2.02. The summed E-state index contributed by atoms with van der Waals surface area (Å²) in [7, 11) is 0. The zero-order valence-electron chi connectivity index (χ0n) is 23.2. The summed E-state index contributed by atoms with van der Waals surface area (Å²) in [6.07, 6.45) is 3.39. The Morgan fingerprint density at radius 2 is 0.975 bits per heavy atom. The summed E-state index contributed by atoms with van der Waals surface area (Å²) >= 11 is 0. The molecule has 0 unspecified atom stereocenters. The molecule has 0 aliphatic heterocycles. The first-order valence-electron chi connectivity index (χ1n) is 13.3. The molecule has 1 aromatic heterocycles. The number of rotatable bonds is 14. The molecule has 0 aliphatic rings. The van der Waals surface area contributed by atoms with E-state index in [0.29, 0.717) is 61.1 Å². The van der Waals surface area contributed by atoms with Gasteiger partial charge in [0.2, 0.25) is 0 Å². The average Bonchev–Trinajstić information content (AvgIpc) is 2.97.